The average molecular weight is 344 g/mol. The number of carbonyl (C=O) groups is 2. The molecule has 0 saturated heterocycles. The van der Waals surface area contributed by atoms with Gasteiger partial charge in [0.05, 0.1) is 5.56 Å². The zero-order valence-electron chi connectivity index (χ0n) is 14.3. The highest BCUT2D eigenvalue weighted by molar-refractivity contribution is 5.96. The smallest absolute Gasteiger partial charge is 0.339 e. The third-order valence-corrected chi connectivity index (χ3v) is 3.59. The average Bonchev–Trinajstić information content (AvgIpc) is 2.53. The zero-order valence-corrected chi connectivity index (χ0v) is 14.3. The molecule has 0 aliphatic carbocycles. The fourth-order valence-electron chi connectivity index (χ4n) is 2.38. The first kappa shape index (κ1) is 18.3. The fraction of sp³-hybridized carbons (Fsp3) is 0.278. The van der Waals surface area contributed by atoms with Crippen LogP contribution in [0.1, 0.15) is 41.3 Å². The molecule has 1 aromatic carbocycles. The van der Waals surface area contributed by atoms with Crippen LogP contribution in [0.4, 0.5) is 5.69 Å². The van der Waals surface area contributed by atoms with Crippen LogP contribution in [0.15, 0.2) is 35.1 Å². The normalized spacial score (nSPS) is 10.6. The standard InChI is InChI=1S/C18H20N2O5/c1-10(2)13-6-4-5-11(3)17(13)20-16(23)9-25-18(24)12-7-14(21)19-15(22)8-12/h4-8,10H,9H2,1-3H3,(H,20,23)(H2,19,21,22). The number of ether oxygens (including phenoxy) is 1. The van der Waals surface area contributed by atoms with E-state index in [-0.39, 0.29) is 11.5 Å². The number of rotatable bonds is 5. The molecule has 2 rings (SSSR count). The Morgan fingerprint density at radius 2 is 2.00 bits per heavy atom. The van der Waals surface area contributed by atoms with Crippen molar-refractivity contribution in [1.82, 2.24) is 4.98 Å². The van der Waals surface area contributed by atoms with Crippen molar-refractivity contribution >= 4 is 17.6 Å². The molecule has 0 fully saturated rings. The number of anilines is 1. The highest BCUT2D eigenvalue weighted by Crippen LogP contribution is 2.27. The maximum absolute atomic E-state index is 12.1. The van der Waals surface area contributed by atoms with E-state index in [9.17, 15) is 19.5 Å². The minimum atomic E-state index is -0.870. The van der Waals surface area contributed by atoms with E-state index in [4.69, 9.17) is 4.74 Å². The van der Waals surface area contributed by atoms with E-state index >= 15 is 0 Å². The van der Waals surface area contributed by atoms with Gasteiger partial charge in [0, 0.05) is 17.8 Å². The van der Waals surface area contributed by atoms with Crippen LogP contribution in [0.25, 0.3) is 0 Å². The number of hydrogen-bond donors (Lipinski definition) is 3. The molecule has 7 nitrogen and oxygen atoms in total. The Balaban J connectivity index is 2.04. The van der Waals surface area contributed by atoms with E-state index in [1.165, 1.54) is 0 Å². The van der Waals surface area contributed by atoms with Gasteiger partial charge in [-0.2, -0.15) is 0 Å². The highest BCUT2D eigenvalue weighted by Gasteiger charge is 2.15. The topological polar surface area (TPSA) is 108 Å². The number of esters is 1. The van der Waals surface area contributed by atoms with Gasteiger partial charge in [-0.1, -0.05) is 32.0 Å². The maximum atomic E-state index is 12.1. The summed E-state index contributed by atoms with van der Waals surface area (Å²) in [6.45, 7) is 5.42. The van der Waals surface area contributed by atoms with Crippen molar-refractivity contribution in [3.05, 3.63) is 57.4 Å². The van der Waals surface area contributed by atoms with E-state index in [0.717, 1.165) is 23.3 Å². The first-order chi connectivity index (χ1) is 11.8. The van der Waals surface area contributed by atoms with E-state index in [2.05, 4.69) is 10.3 Å². The van der Waals surface area contributed by atoms with Gasteiger partial charge in [0.25, 0.3) is 11.5 Å². The van der Waals surface area contributed by atoms with E-state index < -0.39 is 29.9 Å². The summed E-state index contributed by atoms with van der Waals surface area (Å²) in [7, 11) is 0. The Kier molecular flexibility index (Phi) is 5.59. The van der Waals surface area contributed by atoms with Gasteiger partial charge in [-0.05, 0) is 24.0 Å². The second-order valence-corrected chi connectivity index (χ2v) is 5.94. The number of pyridine rings is 1. The molecule has 0 aliphatic heterocycles. The van der Waals surface area contributed by atoms with Crippen molar-refractivity contribution in [2.75, 3.05) is 11.9 Å². The zero-order chi connectivity index (χ0) is 18.6. The number of hydrogen-bond acceptors (Lipinski definition) is 5. The Labute approximate surface area is 144 Å². The Hall–Kier alpha value is -3.09. The van der Waals surface area contributed by atoms with Crippen LogP contribution in [0.5, 0.6) is 5.88 Å². The van der Waals surface area contributed by atoms with Crippen LogP contribution in [0.2, 0.25) is 0 Å². The number of H-pyrrole nitrogens is 1. The van der Waals surface area contributed by atoms with Crippen molar-refractivity contribution in [2.45, 2.75) is 26.7 Å². The van der Waals surface area contributed by atoms with Crippen molar-refractivity contribution in [2.24, 2.45) is 0 Å². The number of aromatic amines is 1. The number of para-hydroxylation sites is 1. The lowest BCUT2D eigenvalue weighted by Crippen LogP contribution is -2.22. The molecule has 0 saturated carbocycles. The van der Waals surface area contributed by atoms with Crippen molar-refractivity contribution in [3.8, 4) is 5.88 Å². The molecule has 3 N–H and O–H groups in total. The predicted molar refractivity (Wildman–Crippen MR) is 92.9 cm³/mol. The van der Waals surface area contributed by atoms with Crippen molar-refractivity contribution in [1.29, 1.82) is 0 Å². The number of nitrogens with one attached hydrogen (secondary N) is 2. The van der Waals surface area contributed by atoms with Gasteiger partial charge in [0.1, 0.15) is 0 Å². The van der Waals surface area contributed by atoms with E-state index in [1.54, 1.807) is 0 Å². The van der Waals surface area contributed by atoms with Gasteiger partial charge in [0.2, 0.25) is 0 Å². The summed E-state index contributed by atoms with van der Waals surface area (Å²) in [4.78, 5) is 37.3. The lowest BCUT2D eigenvalue weighted by molar-refractivity contribution is -0.119. The Morgan fingerprint density at radius 1 is 1.28 bits per heavy atom. The maximum Gasteiger partial charge on any atom is 0.339 e. The molecule has 132 valence electrons. The molecule has 1 heterocycles. The molecule has 0 bridgehead atoms. The minimum absolute atomic E-state index is 0.132. The first-order valence-electron chi connectivity index (χ1n) is 7.77. The third kappa shape index (κ3) is 4.69. The molecule has 0 atom stereocenters. The summed E-state index contributed by atoms with van der Waals surface area (Å²) in [5.41, 5.74) is 1.82. The predicted octanol–water partition coefficient (Wildman–Crippen LogP) is 2.31. The second kappa shape index (κ2) is 7.65. The van der Waals surface area contributed by atoms with Gasteiger partial charge >= 0.3 is 5.97 Å². The number of aryl methyl sites for hydroxylation is 1. The lowest BCUT2D eigenvalue weighted by atomic mass is 9.98. The van der Waals surface area contributed by atoms with Crippen LogP contribution in [0.3, 0.4) is 0 Å². The summed E-state index contributed by atoms with van der Waals surface area (Å²) in [6, 6.07) is 7.77. The van der Waals surface area contributed by atoms with E-state index in [1.807, 2.05) is 39.0 Å². The summed E-state index contributed by atoms with van der Waals surface area (Å²) >= 11 is 0. The Bertz CT molecular complexity index is 855. The number of carbonyl (C=O) groups excluding carboxylic acids is 2. The number of aromatic nitrogens is 1. The van der Waals surface area contributed by atoms with Gasteiger partial charge in [-0.25, -0.2) is 4.79 Å². The third-order valence-electron chi connectivity index (χ3n) is 3.59. The highest BCUT2D eigenvalue weighted by atomic mass is 16.5. The summed E-state index contributed by atoms with van der Waals surface area (Å²) < 4.78 is 4.90. The van der Waals surface area contributed by atoms with Gasteiger partial charge in [-0.15, -0.1) is 0 Å². The van der Waals surface area contributed by atoms with Gasteiger partial charge < -0.3 is 15.2 Å². The second-order valence-electron chi connectivity index (χ2n) is 5.94. The number of aromatic hydroxyl groups is 1. The van der Waals surface area contributed by atoms with Gasteiger partial charge in [-0.3, -0.25) is 14.6 Å². The molecule has 1 amide bonds. The van der Waals surface area contributed by atoms with Crippen LogP contribution in [-0.4, -0.2) is 28.6 Å². The monoisotopic (exact) mass is 344 g/mol. The summed E-state index contributed by atoms with van der Waals surface area (Å²) in [5.74, 6) is -1.59. The molecule has 2 aromatic rings. The fourth-order valence-corrected chi connectivity index (χ4v) is 2.38. The quantitative estimate of drug-likeness (QED) is 0.721. The van der Waals surface area contributed by atoms with Gasteiger partial charge in [0.15, 0.2) is 12.5 Å². The molecule has 0 spiro atoms. The van der Waals surface area contributed by atoms with Crippen LogP contribution in [-0.2, 0) is 9.53 Å². The number of amides is 1. The molecule has 0 aliphatic rings. The molecule has 0 unspecified atom stereocenters. The first-order valence-corrected chi connectivity index (χ1v) is 7.77. The molecule has 7 heteroatoms. The SMILES string of the molecule is Cc1cccc(C(C)C)c1NC(=O)COC(=O)c1cc(O)[nH]c(=O)c1. The van der Waals surface area contributed by atoms with Crippen LogP contribution < -0.4 is 10.9 Å². The molecular formula is C18H20N2O5. The largest absolute Gasteiger partial charge is 0.494 e. The Morgan fingerprint density at radius 3 is 2.64 bits per heavy atom. The van der Waals surface area contributed by atoms with E-state index in [0.29, 0.717) is 5.69 Å². The van der Waals surface area contributed by atoms with Crippen LogP contribution in [0, 0.1) is 6.92 Å². The molecular weight excluding hydrogens is 324 g/mol. The van der Waals surface area contributed by atoms with Crippen molar-refractivity contribution < 1.29 is 19.4 Å². The van der Waals surface area contributed by atoms with Crippen molar-refractivity contribution in [3.63, 3.8) is 0 Å². The summed E-state index contributed by atoms with van der Waals surface area (Å²) in [6.07, 6.45) is 0. The van der Waals surface area contributed by atoms with Crippen LogP contribution >= 0.6 is 0 Å². The molecule has 1 aromatic heterocycles. The molecule has 0 radical (unpaired) electrons. The number of benzene rings is 1. The molecule has 25 heavy (non-hydrogen) atoms. The lowest BCUT2D eigenvalue weighted by Gasteiger charge is -2.16. The minimum Gasteiger partial charge on any atom is -0.494 e. The summed E-state index contributed by atoms with van der Waals surface area (Å²) in [5, 5.41) is 12.0.